The van der Waals surface area contributed by atoms with Crippen molar-refractivity contribution in [2.45, 2.75) is 38.1 Å². The van der Waals surface area contributed by atoms with Gasteiger partial charge in [-0.15, -0.1) is 0 Å². The van der Waals surface area contributed by atoms with E-state index < -0.39 is 11.9 Å². The fraction of sp³-hybridized carbons (Fsp3) is 0.529. The van der Waals surface area contributed by atoms with Gasteiger partial charge in [0.2, 0.25) is 5.91 Å². The molecule has 0 spiro atoms. The Hall–Kier alpha value is -1.91. The predicted octanol–water partition coefficient (Wildman–Crippen LogP) is 2.64. The Bertz CT molecular complexity index is 586. The Kier molecular flexibility index (Phi) is 3.89. The van der Waals surface area contributed by atoms with Crippen molar-refractivity contribution in [2.75, 3.05) is 6.54 Å². The maximum atomic E-state index is 13.0. The molecule has 5 heteroatoms. The van der Waals surface area contributed by atoms with Gasteiger partial charge in [-0.2, -0.15) is 0 Å². The van der Waals surface area contributed by atoms with Gasteiger partial charge in [-0.3, -0.25) is 9.59 Å². The van der Waals surface area contributed by atoms with Crippen LogP contribution in [-0.2, 0) is 9.59 Å². The summed E-state index contributed by atoms with van der Waals surface area (Å²) in [6.07, 6.45) is 2.09. The molecule has 1 amide bonds. The molecule has 1 aromatic rings. The largest absolute Gasteiger partial charge is 0.481 e. The van der Waals surface area contributed by atoms with Gasteiger partial charge in [0.25, 0.3) is 0 Å². The zero-order valence-electron chi connectivity index (χ0n) is 12.5. The second kappa shape index (κ2) is 5.71. The molecule has 0 radical (unpaired) electrons. The molecule has 0 bridgehead atoms. The van der Waals surface area contributed by atoms with E-state index in [9.17, 15) is 14.0 Å². The third-order valence-corrected chi connectivity index (χ3v) is 5.11. The number of likely N-dealkylation sites (tertiary alicyclic amines) is 1. The van der Waals surface area contributed by atoms with E-state index >= 15 is 0 Å². The first kappa shape index (κ1) is 15.0. The van der Waals surface area contributed by atoms with Gasteiger partial charge in [0.1, 0.15) is 5.82 Å². The Morgan fingerprint density at radius 2 is 1.82 bits per heavy atom. The molecule has 4 atom stereocenters. The number of hydrogen-bond donors (Lipinski definition) is 1. The summed E-state index contributed by atoms with van der Waals surface area (Å²) < 4.78 is 13.0. The van der Waals surface area contributed by atoms with Crippen LogP contribution in [0.2, 0.25) is 0 Å². The van der Waals surface area contributed by atoms with Gasteiger partial charge in [0.05, 0.1) is 11.8 Å². The highest BCUT2D eigenvalue weighted by atomic mass is 19.1. The number of rotatable bonds is 3. The topological polar surface area (TPSA) is 57.6 Å². The van der Waals surface area contributed by atoms with Crippen LogP contribution in [0.1, 0.15) is 37.7 Å². The molecule has 1 N–H and O–H groups in total. The molecule has 1 saturated heterocycles. The minimum absolute atomic E-state index is 0.0317. The second-order valence-electron chi connectivity index (χ2n) is 6.45. The molecule has 4 unspecified atom stereocenters. The van der Waals surface area contributed by atoms with Gasteiger partial charge in [-0.1, -0.05) is 12.1 Å². The number of hydrogen-bond acceptors (Lipinski definition) is 2. The maximum Gasteiger partial charge on any atom is 0.307 e. The van der Waals surface area contributed by atoms with Crippen LogP contribution in [0.3, 0.4) is 0 Å². The first-order valence-corrected chi connectivity index (χ1v) is 7.76. The zero-order chi connectivity index (χ0) is 15.9. The number of aliphatic carboxylic acids is 1. The molecule has 118 valence electrons. The molecule has 3 rings (SSSR count). The van der Waals surface area contributed by atoms with Crippen molar-refractivity contribution >= 4 is 11.9 Å². The second-order valence-corrected chi connectivity index (χ2v) is 6.45. The number of amides is 1. The number of carbonyl (C=O) groups excluding carboxylic acids is 1. The van der Waals surface area contributed by atoms with Gasteiger partial charge in [-0.25, -0.2) is 4.39 Å². The zero-order valence-corrected chi connectivity index (χ0v) is 12.5. The lowest BCUT2D eigenvalue weighted by Gasteiger charge is -2.36. The molecule has 2 aliphatic rings. The minimum Gasteiger partial charge on any atom is -0.481 e. The fourth-order valence-corrected chi connectivity index (χ4v) is 3.62. The number of halogens is 1. The summed E-state index contributed by atoms with van der Waals surface area (Å²) >= 11 is 0. The summed E-state index contributed by atoms with van der Waals surface area (Å²) in [5.74, 6) is -1.86. The van der Waals surface area contributed by atoms with Crippen LogP contribution < -0.4 is 0 Å². The van der Waals surface area contributed by atoms with Crippen molar-refractivity contribution in [3.8, 4) is 0 Å². The van der Waals surface area contributed by atoms with Crippen molar-refractivity contribution in [1.82, 2.24) is 4.90 Å². The number of carboxylic acid groups (broad SMARTS) is 1. The van der Waals surface area contributed by atoms with Gasteiger partial charge < -0.3 is 10.0 Å². The molecule has 1 aromatic carbocycles. The monoisotopic (exact) mass is 305 g/mol. The molecule has 0 aromatic heterocycles. The van der Waals surface area contributed by atoms with Crippen molar-refractivity contribution in [2.24, 2.45) is 11.8 Å². The minimum atomic E-state index is -0.869. The van der Waals surface area contributed by atoms with Crippen LogP contribution in [0, 0.1) is 17.7 Å². The summed E-state index contributed by atoms with van der Waals surface area (Å²) in [7, 11) is 0. The first-order chi connectivity index (χ1) is 10.5. The van der Waals surface area contributed by atoms with Crippen LogP contribution >= 0.6 is 0 Å². The van der Waals surface area contributed by atoms with Gasteiger partial charge in [0, 0.05) is 18.5 Å². The number of carboxylic acids is 1. The third kappa shape index (κ3) is 2.60. The van der Waals surface area contributed by atoms with E-state index in [0.29, 0.717) is 19.4 Å². The van der Waals surface area contributed by atoms with E-state index in [1.807, 2.05) is 11.8 Å². The van der Waals surface area contributed by atoms with Crippen LogP contribution in [0.25, 0.3) is 0 Å². The summed E-state index contributed by atoms with van der Waals surface area (Å²) in [5, 5.41) is 9.11. The van der Waals surface area contributed by atoms with Crippen molar-refractivity contribution in [1.29, 1.82) is 0 Å². The highest BCUT2D eigenvalue weighted by Crippen LogP contribution is 2.39. The van der Waals surface area contributed by atoms with E-state index in [2.05, 4.69) is 0 Å². The number of nitrogens with zero attached hydrogens (tertiary/aromatic N) is 1. The van der Waals surface area contributed by atoms with Crippen molar-refractivity contribution < 1.29 is 19.1 Å². The van der Waals surface area contributed by atoms with E-state index in [0.717, 1.165) is 12.0 Å². The highest BCUT2D eigenvalue weighted by molar-refractivity contribution is 5.86. The van der Waals surface area contributed by atoms with Gasteiger partial charge in [0.15, 0.2) is 0 Å². The van der Waals surface area contributed by atoms with Crippen molar-refractivity contribution in [3.05, 3.63) is 35.6 Å². The number of carbonyl (C=O) groups is 2. The highest BCUT2D eigenvalue weighted by Gasteiger charge is 2.45. The van der Waals surface area contributed by atoms with Gasteiger partial charge >= 0.3 is 5.97 Å². The lowest BCUT2D eigenvalue weighted by Crippen LogP contribution is -2.47. The standard InChI is InChI=1S/C17H20FNO3/c1-10-8-12(11-2-4-13(18)5-3-11)9-19(10)16(20)14-6-7-15(14)17(21)22/h2-5,10,12,14-15H,6-9H2,1H3,(H,21,22). The molecule has 4 nitrogen and oxygen atoms in total. The van der Waals surface area contributed by atoms with Crippen molar-refractivity contribution in [3.63, 3.8) is 0 Å². The molecule has 22 heavy (non-hydrogen) atoms. The molecule has 1 aliphatic heterocycles. The van der Waals surface area contributed by atoms with Crippen LogP contribution in [0.15, 0.2) is 24.3 Å². The average Bonchev–Trinajstić information content (AvgIpc) is 2.79. The summed E-state index contributed by atoms with van der Waals surface area (Å²) in [6, 6.07) is 6.51. The lowest BCUT2D eigenvalue weighted by atomic mass is 9.73. The predicted molar refractivity (Wildman–Crippen MR) is 78.8 cm³/mol. The van der Waals surface area contributed by atoms with Gasteiger partial charge in [-0.05, 0) is 43.9 Å². The molecular weight excluding hydrogens is 285 g/mol. The first-order valence-electron chi connectivity index (χ1n) is 7.76. The normalized spacial score (nSPS) is 30.9. The molecular formula is C17H20FNO3. The third-order valence-electron chi connectivity index (χ3n) is 5.11. The quantitative estimate of drug-likeness (QED) is 0.934. The SMILES string of the molecule is CC1CC(c2ccc(F)cc2)CN1C(=O)C1CCC1C(=O)O. The molecule has 1 aliphatic carbocycles. The van der Waals surface area contributed by atoms with E-state index in [1.165, 1.54) is 12.1 Å². The van der Waals surface area contributed by atoms with E-state index in [-0.39, 0.29) is 29.6 Å². The Balaban J connectivity index is 1.69. The van der Waals surface area contributed by atoms with E-state index in [1.54, 1.807) is 12.1 Å². The Labute approximate surface area is 128 Å². The Morgan fingerprint density at radius 3 is 2.36 bits per heavy atom. The van der Waals surface area contributed by atoms with Crippen LogP contribution in [0.4, 0.5) is 4.39 Å². The van der Waals surface area contributed by atoms with E-state index in [4.69, 9.17) is 5.11 Å². The summed E-state index contributed by atoms with van der Waals surface area (Å²) in [5.41, 5.74) is 1.03. The molecule has 1 heterocycles. The summed E-state index contributed by atoms with van der Waals surface area (Å²) in [6.45, 7) is 2.59. The number of benzene rings is 1. The fourth-order valence-electron chi connectivity index (χ4n) is 3.62. The molecule has 1 saturated carbocycles. The molecule has 2 fully saturated rings. The van der Waals surface area contributed by atoms with Crippen LogP contribution in [-0.4, -0.2) is 34.5 Å². The average molecular weight is 305 g/mol. The summed E-state index contributed by atoms with van der Waals surface area (Å²) in [4.78, 5) is 25.5. The lowest BCUT2D eigenvalue weighted by molar-refractivity contribution is -0.156. The van der Waals surface area contributed by atoms with Crippen LogP contribution in [0.5, 0.6) is 0 Å². The maximum absolute atomic E-state index is 13.0. The Morgan fingerprint density at radius 1 is 1.18 bits per heavy atom. The smallest absolute Gasteiger partial charge is 0.307 e.